The molecule has 1 fully saturated rings. The zero-order valence-corrected chi connectivity index (χ0v) is 16.4. The van der Waals surface area contributed by atoms with E-state index < -0.39 is 0 Å². The Labute approximate surface area is 166 Å². The Balaban J connectivity index is 1.54. The molecule has 1 aromatic carbocycles. The zero-order chi connectivity index (χ0) is 18.6. The summed E-state index contributed by atoms with van der Waals surface area (Å²) >= 11 is 3.34. The standard InChI is InChI=1S/C20H20BrN5O/c21-15-11-23-20(24-12-15)25-13-16-7-1-2-10-26(16)19(27)17-8-3-5-14-6-4-9-22-18(14)17/h3-6,8-9,11-12,16H,1-2,7,10,13H2,(H,23,24,25)/t16-/m0/s1. The number of amides is 1. The maximum Gasteiger partial charge on any atom is 0.256 e. The molecule has 0 spiro atoms. The van der Waals surface area contributed by atoms with E-state index >= 15 is 0 Å². The number of halogens is 1. The average molecular weight is 426 g/mol. The fourth-order valence-electron chi connectivity index (χ4n) is 3.52. The van der Waals surface area contributed by atoms with Gasteiger partial charge in [0.05, 0.1) is 15.6 Å². The smallest absolute Gasteiger partial charge is 0.256 e. The van der Waals surface area contributed by atoms with Gasteiger partial charge < -0.3 is 10.2 Å². The van der Waals surface area contributed by atoms with Crippen LogP contribution < -0.4 is 5.32 Å². The fourth-order valence-corrected chi connectivity index (χ4v) is 3.73. The summed E-state index contributed by atoms with van der Waals surface area (Å²) in [7, 11) is 0. The van der Waals surface area contributed by atoms with Gasteiger partial charge in [-0.25, -0.2) is 9.97 Å². The van der Waals surface area contributed by atoms with Crippen molar-refractivity contribution in [3.63, 3.8) is 0 Å². The van der Waals surface area contributed by atoms with Crippen molar-refractivity contribution in [2.45, 2.75) is 25.3 Å². The van der Waals surface area contributed by atoms with Crippen molar-refractivity contribution in [1.82, 2.24) is 19.9 Å². The highest BCUT2D eigenvalue weighted by Gasteiger charge is 2.28. The Hall–Kier alpha value is -2.54. The maximum atomic E-state index is 13.3. The van der Waals surface area contributed by atoms with Crippen molar-refractivity contribution in [3.05, 3.63) is 59.0 Å². The first-order valence-electron chi connectivity index (χ1n) is 9.08. The molecule has 0 aliphatic carbocycles. The van der Waals surface area contributed by atoms with Crippen LogP contribution in [0, 0.1) is 0 Å². The lowest BCUT2D eigenvalue weighted by Crippen LogP contribution is -2.47. The summed E-state index contributed by atoms with van der Waals surface area (Å²) in [5.74, 6) is 0.616. The minimum Gasteiger partial charge on any atom is -0.352 e. The molecule has 1 N–H and O–H groups in total. The highest BCUT2D eigenvalue weighted by Crippen LogP contribution is 2.23. The van der Waals surface area contributed by atoms with Gasteiger partial charge in [-0.3, -0.25) is 9.78 Å². The number of likely N-dealkylation sites (tertiary alicyclic amines) is 1. The second kappa shape index (κ2) is 8.00. The van der Waals surface area contributed by atoms with E-state index in [0.717, 1.165) is 41.2 Å². The van der Waals surface area contributed by atoms with Crippen molar-refractivity contribution in [3.8, 4) is 0 Å². The zero-order valence-electron chi connectivity index (χ0n) is 14.8. The van der Waals surface area contributed by atoms with Crippen LogP contribution in [0.1, 0.15) is 29.6 Å². The molecule has 0 unspecified atom stereocenters. The summed E-state index contributed by atoms with van der Waals surface area (Å²) in [5.41, 5.74) is 1.43. The van der Waals surface area contributed by atoms with Crippen molar-refractivity contribution in [2.75, 3.05) is 18.4 Å². The molecule has 0 radical (unpaired) electrons. The number of carbonyl (C=O) groups excluding carboxylic acids is 1. The normalized spacial score (nSPS) is 17.1. The van der Waals surface area contributed by atoms with E-state index in [1.54, 1.807) is 18.6 Å². The van der Waals surface area contributed by atoms with E-state index in [9.17, 15) is 4.79 Å². The maximum absolute atomic E-state index is 13.3. The molecule has 6 nitrogen and oxygen atoms in total. The molecule has 138 valence electrons. The minimum atomic E-state index is 0.0440. The van der Waals surface area contributed by atoms with Crippen molar-refractivity contribution in [2.24, 2.45) is 0 Å². The molecule has 1 amide bonds. The summed E-state index contributed by atoms with van der Waals surface area (Å²) in [6.45, 7) is 1.39. The van der Waals surface area contributed by atoms with Crippen LogP contribution in [0.3, 0.4) is 0 Å². The summed E-state index contributed by atoms with van der Waals surface area (Å²) in [6, 6.07) is 9.76. The Morgan fingerprint density at radius 3 is 2.81 bits per heavy atom. The number of para-hydroxylation sites is 1. The molecule has 3 aromatic rings. The molecule has 4 rings (SSSR count). The van der Waals surface area contributed by atoms with Gasteiger partial charge in [0.2, 0.25) is 5.95 Å². The Bertz CT molecular complexity index is 941. The molecule has 7 heteroatoms. The summed E-state index contributed by atoms with van der Waals surface area (Å²) in [4.78, 5) is 28.2. The second-order valence-electron chi connectivity index (χ2n) is 6.63. The number of fused-ring (bicyclic) bond motifs is 1. The predicted molar refractivity (Wildman–Crippen MR) is 109 cm³/mol. The van der Waals surface area contributed by atoms with Crippen LogP contribution in [-0.4, -0.2) is 44.9 Å². The average Bonchev–Trinajstić information content (AvgIpc) is 2.73. The van der Waals surface area contributed by atoms with Gasteiger partial charge in [0.1, 0.15) is 0 Å². The Morgan fingerprint density at radius 2 is 1.96 bits per heavy atom. The second-order valence-corrected chi connectivity index (χ2v) is 7.55. The van der Waals surface area contributed by atoms with Crippen molar-refractivity contribution >= 4 is 38.7 Å². The van der Waals surface area contributed by atoms with Gasteiger partial charge in [-0.1, -0.05) is 18.2 Å². The Kier molecular flexibility index (Phi) is 5.29. The molecule has 1 aliphatic heterocycles. The van der Waals surface area contributed by atoms with Crippen LogP contribution in [0.4, 0.5) is 5.95 Å². The number of rotatable bonds is 4. The fraction of sp³-hybridized carbons (Fsp3) is 0.300. The first-order valence-corrected chi connectivity index (χ1v) is 9.88. The highest BCUT2D eigenvalue weighted by molar-refractivity contribution is 9.10. The molecule has 0 saturated carbocycles. The van der Waals surface area contributed by atoms with Crippen LogP contribution in [0.25, 0.3) is 10.9 Å². The first kappa shape index (κ1) is 17.9. The lowest BCUT2D eigenvalue weighted by molar-refractivity contribution is 0.0630. The van der Waals surface area contributed by atoms with Gasteiger partial charge in [0.25, 0.3) is 5.91 Å². The molecule has 2 aromatic heterocycles. The number of piperidine rings is 1. The van der Waals surface area contributed by atoms with E-state index in [0.29, 0.717) is 18.1 Å². The lowest BCUT2D eigenvalue weighted by atomic mass is 10.00. The van der Waals surface area contributed by atoms with Gasteiger partial charge in [-0.15, -0.1) is 0 Å². The number of anilines is 1. The molecule has 27 heavy (non-hydrogen) atoms. The molecule has 1 saturated heterocycles. The van der Waals surface area contributed by atoms with Gasteiger partial charge >= 0.3 is 0 Å². The minimum absolute atomic E-state index is 0.0440. The number of hydrogen-bond acceptors (Lipinski definition) is 5. The number of nitrogens with zero attached hydrogens (tertiary/aromatic N) is 4. The number of pyridine rings is 1. The van der Waals surface area contributed by atoms with Crippen LogP contribution in [0.15, 0.2) is 53.4 Å². The number of hydrogen-bond donors (Lipinski definition) is 1. The van der Waals surface area contributed by atoms with E-state index in [1.807, 2.05) is 35.2 Å². The summed E-state index contributed by atoms with van der Waals surface area (Å²) in [5, 5.41) is 4.25. The highest BCUT2D eigenvalue weighted by atomic mass is 79.9. The first-order chi connectivity index (χ1) is 13.2. The van der Waals surface area contributed by atoms with Crippen molar-refractivity contribution in [1.29, 1.82) is 0 Å². The third-order valence-electron chi connectivity index (χ3n) is 4.87. The van der Waals surface area contributed by atoms with E-state index in [4.69, 9.17) is 0 Å². The van der Waals surface area contributed by atoms with Gasteiger partial charge in [0.15, 0.2) is 0 Å². The number of benzene rings is 1. The van der Waals surface area contributed by atoms with Gasteiger partial charge in [0, 0.05) is 43.1 Å². The SMILES string of the molecule is O=C(c1cccc2cccnc12)N1CCCC[C@H]1CNc1ncc(Br)cn1. The van der Waals surface area contributed by atoms with Crippen LogP contribution >= 0.6 is 15.9 Å². The molecule has 0 bridgehead atoms. The molecule has 1 atom stereocenters. The summed E-state index contributed by atoms with van der Waals surface area (Å²) < 4.78 is 0.839. The quantitative estimate of drug-likeness (QED) is 0.686. The summed E-state index contributed by atoms with van der Waals surface area (Å²) in [6.07, 6.45) is 8.26. The third kappa shape index (κ3) is 3.93. The molecule has 1 aliphatic rings. The van der Waals surface area contributed by atoms with E-state index in [1.165, 1.54) is 0 Å². The van der Waals surface area contributed by atoms with Crippen LogP contribution in [0.5, 0.6) is 0 Å². The number of carbonyl (C=O) groups is 1. The van der Waals surface area contributed by atoms with Gasteiger partial charge in [-0.05, 0) is 47.3 Å². The predicted octanol–water partition coefficient (Wildman–Crippen LogP) is 3.89. The van der Waals surface area contributed by atoms with Gasteiger partial charge in [-0.2, -0.15) is 0 Å². The largest absolute Gasteiger partial charge is 0.352 e. The Morgan fingerprint density at radius 1 is 1.15 bits per heavy atom. The lowest BCUT2D eigenvalue weighted by Gasteiger charge is -2.36. The van der Waals surface area contributed by atoms with Crippen LogP contribution in [0.2, 0.25) is 0 Å². The molecular formula is C20H20BrN5O. The monoisotopic (exact) mass is 425 g/mol. The third-order valence-corrected chi connectivity index (χ3v) is 5.28. The van der Waals surface area contributed by atoms with E-state index in [-0.39, 0.29) is 11.9 Å². The number of aromatic nitrogens is 3. The van der Waals surface area contributed by atoms with Crippen molar-refractivity contribution < 1.29 is 4.79 Å². The molecule has 3 heterocycles. The number of nitrogens with one attached hydrogen (secondary N) is 1. The molecular weight excluding hydrogens is 406 g/mol. The topological polar surface area (TPSA) is 71.0 Å². The van der Waals surface area contributed by atoms with Crippen LogP contribution in [-0.2, 0) is 0 Å². The van der Waals surface area contributed by atoms with E-state index in [2.05, 4.69) is 36.2 Å².